The molecule has 1 spiro atoms. The predicted octanol–water partition coefficient (Wildman–Crippen LogP) is 2.55. The van der Waals surface area contributed by atoms with Crippen LogP contribution in [0.2, 0.25) is 0 Å². The van der Waals surface area contributed by atoms with Crippen LogP contribution in [0.25, 0.3) is 0 Å². The molecule has 3 saturated heterocycles. The first-order valence-electron chi connectivity index (χ1n) is 15.9. The van der Waals surface area contributed by atoms with E-state index in [1.54, 1.807) is 29.2 Å². The average Bonchev–Trinajstić information content (AvgIpc) is 3.68. The minimum atomic E-state index is -1.21. The first kappa shape index (κ1) is 34.3. The van der Waals surface area contributed by atoms with Gasteiger partial charge in [0.05, 0.1) is 37.2 Å². The van der Waals surface area contributed by atoms with Gasteiger partial charge in [-0.25, -0.2) is 0 Å². The summed E-state index contributed by atoms with van der Waals surface area (Å²) in [5, 5.41) is 12.8. The smallest absolute Gasteiger partial charge is 0.313 e. The van der Waals surface area contributed by atoms with Gasteiger partial charge in [-0.3, -0.25) is 19.2 Å². The van der Waals surface area contributed by atoms with E-state index in [2.05, 4.69) is 18.5 Å². The second-order valence-electron chi connectivity index (χ2n) is 12.0. The van der Waals surface area contributed by atoms with Crippen molar-refractivity contribution in [3.05, 3.63) is 61.2 Å². The number of aliphatic hydroxyl groups is 1. The fourth-order valence-corrected chi connectivity index (χ4v) is 7.14. The molecule has 0 unspecified atom stereocenters. The SMILES string of the molecule is C=CCCC(=O)N[C@@H](COC)[C@@H](OC(=O)[C@@H]1[C@H]2C(=O)N(CCO)[C@H](C(=O)N(CC=C)CCCC)[C@]23CC[C@H]1O3)c1ccccc1. The average molecular weight is 626 g/mol. The monoisotopic (exact) mass is 625 g/mol. The van der Waals surface area contributed by atoms with Gasteiger partial charge < -0.3 is 34.4 Å². The molecule has 3 heterocycles. The Morgan fingerprint density at radius 1 is 1.24 bits per heavy atom. The van der Waals surface area contributed by atoms with E-state index in [4.69, 9.17) is 14.2 Å². The van der Waals surface area contributed by atoms with Gasteiger partial charge in [-0.2, -0.15) is 0 Å². The number of amides is 3. The molecule has 11 nitrogen and oxygen atoms in total. The minimum absolute atomic E-state index is 0.0573. The van der Waals surface area contributed by atoms with Crippen LogP contribution in [-0.2, 0) is 33.4 Å². The number of aliphatic hydroxyl groups excluding tert-OH is 1. The van der Waals surface area contributed by atoms with Gasteiger partial charge in [-0.1, -0.05) is 55.8 Å². The number of allylic oxidation sites excluding steroid dienone is 1. The molecule has 3 fully saturated rings. The molecule has 1 aromatic carbocycles. The summed E-state index contributed by atoms with van der Waals surface area (Å²) in [4.78, 5) is 58.2. The predicted molar refractivity (Wildman–Crippen MR) is 167 cm³/mol. The summed E-state index contributed by atoms with van der Waals surface area (Å²) in [5.74, 6) is -3.45. The van der Waals surface area contributed by atoms with Gasteiger partial charge in [-0.05, 0) is 31.2 Å². The number of nitrogens with one attached hydrogen (secondary N) is 1. The van der Waals surface area contributed by atoms with Gasteiger partial charge in [0.15, 0.2) is 0 Å². The second kappa shape index (κ2) is 15.6. The van der Waals surface area contributed by atoms with E-state index in [0.717, 1.165) is 12.8 Å². The lowest BCUT2D eigenvalue weighted by Gasteiger charge is -2.36. The molecule has 3 aliphatic rings. The number of likely N-dealkylation sites (tertiary alicyclic amines) is 1. The number of carbonyl (C=O) groups excluding carboxylic acids is 4. The van der Waals surface area contributed by atoms with Crippen LogP contribution in [0.3, 0.4) is 0 Å². The third-order valence-corrected chi connectivity index (χ3v) is 9.09. The molecule has 45 heavy (non-hydrogen) atoms. The molecule has 3 aliphatic heterocycles. The molecule has 7 atom stereocenters. The molecule has 2 N–H and O–H groups in total. The molecule has 0 aromatic heterocycles. The van der Waals surface area contributed by atoms with Crippen molar-refractivity contribution in [2.75, 3.05) is 40.0 Å². The summed E-state index contributed by atoms with van der Waals surface area (Å²) in [6.07, 6.45) is 5.06. The highest BCUT2D eigenvalue weighted by atomic mass is 16.6. The first-order chi connectivity index (χ1) is 21.8. The number of nitrogens with zero attached hydrogens (tertiary/aromatic N) is 2. The number of rotatable bonds is 18. The van der Waals surface area contributed by atoms with E-state index in [-0.39, 0.29) is 38.0 Å². The maximum absolute atomic E-state index is 14.2. The second-order valence-corrected chi connectivity index (χ2v) is 12.0. The van der Waals surface area contributed by atoms with Crippen molar-refractivity contribution in [3.8, 4) is 0 Å². The summed E-state index contributed by atoms with van der Waals surface area (Å²) in [7, 11) is 1.50. The fraction of sp³-hybridized carbons (Fsp3) is 0.588. The van der Waals surface area contributed by atoms with Gasteiger partial charge in [0.1, 0.15) is 17.7 Å². The van der Waals surface area contributed by atoms with Crippen molar-refractivity contribution in [3.63, 3.8) is 0 Å². The Bertz CT molecular complexity index is 1230. The molecule has 2 bridgehead atoms. The summed E-state index contributed by atoms with van der Waals surface area (Å²) < 4.78 is 18.1. The number of methoxy groups -OCH3 is 1. The topological polar surface area (TPSA) is 135 Å². The van der Waals surface area contributed by atoms with Crippen LogP contribution in [0.5, 0.6) is 0 Å². The lowest BCUT2D eigenvalue weighted by atomic mass is 9.70. The van der Waals surface area contributed by atoms with Crippen molar-refractivity contribution in [2.24, 2.45) is 11.8 Å². The Morgan fingerprint density at radius 3 is 2.64 bits per heavy atom. The molecule has 0 saturated carbocycles. The molecule has 4 rings (SSSR count). The molecule has 246 valence electrons. The first-order valence-corrected chi connectivity index (χ1v) is 15.9. The number of unbranched alkanes of at least 4 members (excludes halogenated alkanes) is 1. The summed E-state index contributed by atoms with van der Waals surface area (Å²) in [6, 6.07) is 7.38. The van der Waals surface area contributed by atoms with Crippen molar-refractivity contribution in [1.82, 2.24) is 15.1 Å². The van der Waals surface area contributed by atoms with E-state index in [9.17, 15) is 24.3 Å². The van der Waals surface area contributed by atoms with Crippen molar-refractivity contribution in [2.45, 2.75) is 75.3 Å². The standard InChI is InChI=1S/C34H47N3O8/c1-5-8-15-26(39)35-24(22-43-4)29(23-13-11-10-12-14-23)44-33(42)27-25-16-17-34(45-25)28(27)31(40)37(20-21-38)30(34)32(41)36(18-7-3)19-9-6-2/h5,7,10-14,24-25,27-30,38H,1,3,6,8-9,15-22H2,2,4H3,(H,35,39)/t24-,25+,27-,28-,29-,30+,34-/m0/s1. The quantitative estimate of drug-likeness (QED) is 0.188. The number of benzene rings is 1. The highest BCUT2D eigenvalue weighted by Crippen LogP contribution is 2.59. The Balaban J connectivity index is 1.66. The molecule has 0 radical (unpaired) electrons. The summed E-state index contributed by atoms with van der Waals surface area (Å²) >= 11 is 0. The number of β-amino-alcohol motifs (C(OH)–C–C–N with tert-alkyl or cyclic N) is 1. The Morgan fingerprint density at radius 2 is 2.00 bits per heavy atom. The summed E-state index contributed by atoms with van der Waals surface area (Å²) in [5.41, 5.74) is -0.560. The summed E-state index contributed by atoms with van der Waals surface area (Å²) in [6.45, 7) is 9.98. The number of ether oxygens (including phenoxy) is 3. The van der Waals surface area contributed by atoms with Crippen LogP contribution >= 0.6 is 0 Å². The zero-order valence-corrected chi connectivity index (χ0v) is 26.4. The van der Waals surface area contributed by atoms with Gasteiger partial charge in [0.25, 0.3) is 0 Å². The van der Waals surface area contributed by atoms with E-state index in [0.29, 0.717) is 37.9 Å². The molecule has 1 aromatic rings. The number of hydrogen-bond acceptors (Lipinski definition) is 8. The van der Waals surface area contributed by atoms with E-state index >= 15 is 0 Å². The fourth-order valence-electron chi connectivity index (χ4n) is 7.14. The van der Waals surface area contributed by atoms with Gasteiger partial charge >= 0.3 is 5.97 Å². The zero-order valence-electron chi connectivity index (χ0n) is 26.4. The lowest BCUT2D eigenvalue weighted by Crippen LogP contribution is -2.56. The van der Waals surface area contributed by atoms with Crippen LogP contribution < -0.4 is 5.32 Å². The van der Waals surface area contributed by atoms with E-state index < -0.39 is 53.6 Å². The third kappa shape index (κ3) is 7.00. The van der Waals surface area contributed by atoms with Crippen LogP contribution in [0.4, 0.5) is 0 Å². The van der Waals surface area contributed by atoms with E-state index in [1.165, 1.54) is 12.0 Å². The van der Waals surface area contributed by atoms with Crippen LogP contribution in [0.15, 0.2) is 55.6 Å². The van der Waals surface area contributed by atoms with Crippen molar-refractivity contribution < 1.29 is 38.5 Å². The van der Waals surface area contributed by atoms with Crippen LogP contribution in [0.1, 0.15) is 57.1 Å². The highest BCUT2D eigenvalue weighted by molar-refractivity contribution is 5.98. The molecule has 0 aliphatic carbocycles. The Hall–Kier alpha value is -3.54. The number of hydrogen-bond donors (Lipinski definition) is 2. The molecule has 3 amide bonds. The van der Waals surface area contributed by atoms with E-state index in [1.807, 2.05) is 25.1 Å². The lowest BCUT2D eigenvalue weighted by molar-refractivity contribution is -0.163. The normalized spacial score (nSPS) is 26.2. The number of esters is 1. The van der Waals surface area contributed by atoms with Crippen LogP contribution in [0, 0.1) is 11.8 Å². The van der Waals surface area contributed by atoms with Gasteiger partial charge in [-0.15, -0.1) is 13.2 Å². The Labute approximate surface area is 265 Å². The molecular weight excluding hydrogens is 578 g/mol. The van der Waals surface area contributed by atoms with Crippen molar-refractivity contribution >= 4 is 23.7 Å². The maximum Gasteiger partial charge on any atom is 0.313 e. The van der Waals surface area contributed by atoms with Gasteiger partial charge in [0, 0.05) is 33.2 Å². The highest BCUT2D eigenvalue weighted by Gasteiger charge is 2.75. The number of fused-ring (bicyclic) bond motifs is 1. The minimum Gasteiger partial charge on any atom is -0.455 e. The molecular formula is C34H47N3O8. The third-order valence-electron chi connectivity index (χ3n) is 9.09. The zero-order chi connectivity index (χ0) is 32.6. The molecule has 11 heteroatoms. The largest absolute Gasteiger partial charge is 0.455 e. The van der Waals surface area contributed by atoms with Gasteiger partial charge in [0.2, 0.25) is 17.7 Å². The van der Waals surface area contributed by atoms with Crippen molar-refractivity contribution in [1.29, 1.82) is 0 Å². The van der Waals surface area contributed by atoms with Crippen LogP contribution in [-0.4, -0.2) is 102 Å². The number of carbonyl (C=O) groups is 4. The Kier molecular flexibility index (Phi) is 11.9. The maximum atomic E-state index is 14.2.